The first-order valence-corrected chi connectivity index (χ1v) is 11.0. The number of nitrogens with zero attached hydrogens (tertiary/aromatic N) is 1. The number of fused-ring (bicyclic) bond motifs is 1. The van der Waals surface area contributed by atoms with Crippen molar-refractivity contribution in [3.8, 4) is 0 Å². The molecular weight excluding hydrogens is 472 g/mol. The van der Waals surface area contributed by atoms with Crippen LogP contribution >= 0.6 is 0 Å². The molecule has 3 rings (SSSR count). The van der Waals surface area contributed by atoms with Crippen molar-refractivity contribution in [2.75, 3.05) is 6.61 Å². The Morgan fingerprint density at radius 3 is 2.42 bits per heavy atom. The summed E-state index contributed by atoms with van der Waals surface area (Å²) in [4.78, 5) is 24.3. The molecule has 0 spiro atoms. The largest absolute Gasteiger partial charge is 0.399 e. The molecular formula is C25H27F2N5O4. The predicted octanol–water partition coefficient (Wildman–Crippen LogP) is 1.69. The molecule has 2 atom stereocenters. The average molecular weight is 500 g/mol. The van der Waals surface area contributed by atoms with Gasteiger partial charge in [0.15, 0.2) is 11.6 Å². The summed E-state index contributed by atoms with van der Waals surface area (Å²) in [6.45, 7) is -0.613. The number of hydrogen-bond acceptors (Lipinski definition) is 7. The van der Waals surface area contributed by atoms with Crippen molar-refractivity contribution in [3.63, 3.8) is 0 Å². The third-order valence-corrected chi connectivity index (χ3v) is 5.62. The fraction of sp³-hybridized carbons (Fsp3) is 0.200. The smallest absolute Gasteiger partial charge is 0.252 e. The predicted molar refractivity (Wildman–Crippen MR) is 129 cm³/mol. The molecule has 11 heteroatoms. The van der Waals surface area contributed by atoms with Gasteiger partial charge in [-0.15, -0.1) is 0 Å². The lowest BCUT2D eigenvalue weighted by molar-refractivity contribution is -0.130. The number of carbonyl (C=O) groups is 2. The zero-order valence-electron chi connectivity index (χ0n) is 19.2. The summed E-state index contributed by atoms with van der Waals surface area (Å²) in [7, 11) is 0. The molecule has 0 aliphatic rings. The zero-order valence-corrected chi connectivity index (χ0v) is 19.2. The molecule has 0 aromatic heterocycles. The van der Waals surface area contributed by atoms with Crippen LogP contribution in [0, 0.1) is 11.6 Å². The molecule has 2 amide bonds. The second-order valence-corrected chi connectivity index (χ2v) is 8.19. The molecule has 0 radical (unpaired) electrons. The lowest BCUT2D eigenvalue weighted by Gasteiger charge is -2.28. The van der Waals surface area contributed by atoms with Gasteiger partial charge in [-0.2, -0.15) is 0 Å². The molecule has 8 N–H and O–H groups in total. The van der Waals surface area contributed by atoms with E-state index >= 15 is 0 Å². The van der Waals surface area contributed by atoms with Crippen LogP contribution in [0.15, 0.2) is 72.6 Å². The second-order valence-electron chi connectivity index (χ2n) is 8.19. The minimum Gasteiger partial charge on any atom is -0.399 e. The highest BCUT2D eigenvalue weighted by Gasteiger charge is 2.22. The van der Waals surface area contributed by atoms with E-state index in [0.29, 0.717) is 6.42 Å². The summed E-state index contributed by atoms with van der Waals surface area (Å²) in [6, 6.07) is 14.4. The number of rotatable bonds is 10. The highest BCUT2D eigenvalue weighted by Crippen LogP contribution is 2.19. The first-order valence-electron chi connectivity index (χ1n) is 11.0. The monoisotopic (exact) mass is 499 g/mol. The van der Waals surface area contributed by atoms with Gasteiger partial charge >= 0.3 is 0 Å². The molecule has 3 aromatic carbocycles. The van der Waals surface area contributed by atoms with Crippen LogP contribution in [0.3, 0.4) is 0 Å². The SMILES string of the molecule is N/C(=C\N(N)C(CC(=O)NO)Cc1ccc2ccccc2c1)C(CO)NC(=O)c1ccc(F)c(F)c1. The molecule has 0 saturated heterocycles. The van der Waals surface area contributed by atoms with Crippen LogP contribution in [0.2, 0.25) is 0 Å². The summed E-state index contributed by atoms with van der Waals surface area (Å²) >= 11 is 0. The highest BCUT2D eigenvalue weighted by atomic mass is 19.2. The van der Waals surface area contributed by atoms with Crippen molar-refractivity contribution in [1.82, 2.24) is 15.8 Å². The summed E-state index contributed by atoms with van der Waals surface area (Å²) in [5.41, 5.74) is 8.29. The Morgan fingerprint density at radius 1 is 1.03 bits per heavy atom. The fourth-order valence-corrected chi connectivity index (χ4v) is 3.66. The Kier molecular flexibility index (Phi) is 8.90. The number of aliphatic hydroxyl groups is 1. The minimum atomic E-state index is -1.20. The maximum absolute atomic E-state index is 13.5. The van der Waals surface area contributed by atoms with Crippen LogP contribution in [0.1, 0.15) is 22.3 Å². The Balaban J connectivity index is 1.77. The van der Waals surface area contributed by atoms with E-state index in [1.807, 2.05) is 42.5 Å². The van der Waals surface area contributed by atoms with Gasteiger partial charge in [-0.3, -0.25) is 14.8 Å². The minimum absolute atomic E-state index is 0.0520. The molecule has 0 bridgehead atoms. The van der Waals surface area contributed by atoms with Crippen LogP contribution in [-0.2, 0) is 11.2 Å². The topological polar surface area (TPSA) is 154 Å². The number of benzene rings is 3. The van der Waals surface area contributed by atoms with E-state index in [-0.39, 0.29) is 17.7 Å². The number of amides is 2. The summed E-state index contributed by atoms with van der Waals surface area (Å²) in [5.74, 6) is 2.42. The van der Waals surface area contributed by atoms with E-state index in [4.69, 9.17) is 16.8 Å². The van der Waals surface area contributed by atoms with Gasteiger partial charge in [0.25, 0.3) is 5.91 Å². The third kappa shape index (κ3) is 6.75. The van der Waals surface area contributed by atoms with E-state index in [1.165, 1.54) is 6.20 Å². The van der Waals surface area contributed by atoms with Gasteiger partial charge in [0, 0.05) is 11.8 Å². The Morgan fingerprint density at radius 2 is 1.75 bits per heavy atom. The molecule has 0 aliphatic heterocycles. The van der Waals surface area contributed by atoms with Gasteiger partial charge in [0.05, 0.1) is 30.8 Å². The third-order valence-electron chi connectivity index (χ3n) is 5.62. The molecule has 2 unspecified atom stereocenters. The van der Waals surface area contributed by atoms with Gasteiger partial charge in [-0.25, -0.2) is 20.1 Å². The molecule has 3 aromatic rings. The first kappa shape index (κ1) is 26.5. The van der Waals surface area contributed by atoms with Gasteiger partial charge in [-0.1, -0.05) is 42.5 Å². The molecule has 0 fully saturated rings. The maximum Gasteiger partial charge on any atom is 0.252 e. The van der Waals surface area contributed by atoms with Crippen LogP contribution in [0.5, 0.6) is 0 Å². The normalized spacial score (nSPS) is 13.2. The maximum atomic E-state index is 13.5. The number of hydrazine groups is 1. The van der Waals surface area contributed by atoms with Crippen molar-refractivity contribution in [3.05, 3.63) is 95.3 Å². The number of nitrogens with two attached hydrogens (primary N) is 2. The highest BCUT2D eigenvalue weighted by molar-refractivity contribution is 5.94. The van der Waals surface area contributed by atoms with Crippen molar-refractivity contribution < 1.29 is 28.7 Å². The fourth-order valence-electron chi connectivity index (χ4n) is 3.66. The summed E-state index contributed by atoms with van der Waals surface area (Å²) in [6.07, 6.45) is 1.38. The Bertz CT molecular complexity index is 1270. The molecule has 9 nitrogen and oxygen atoms in total. The van der Waals surface area contributed by atoms with Crippen molar-refractivity contribution >= 4 is 22.6 Å². The van der Waals surface area contributed by atoms with E-state index in [0.717, 1.165) is 39.5 Å². The summed E-state index contributed by atoms with van der Waals surface area (Å²) in [5, 5.41) is 24.4. The van der Waals surface area contributed by atoms with Crippen LogP contribution in [0.4, 0.5) is 8.78 Å². The lowest BCUT2D eigenvalue weighted by atomic mass is 9.99. The molecule has 0 aliphatic carbocycles. The standard InChI is InChI=1S/C25H27F2N5O4/c26-20-8-7-18(11-21(20)27)25(35)30-23(14-33)22(28)13-32(29)19(12-24(34)31-36)10-15-5-6-16-3-1-2-4-17(16)9-15/h1-9,11,13,19,23,33,36H,10,12,14,28-29H2,(H,30,35)(H,31,34)/b22-13-. The lowest BCUT2D eigenvalue weighted by Crippen LogP contribution is -2.45. The number of aliphatic hydroxyl groups excluding tert-OH is 1. The number of hydrogen-bond donors (Lipinski definition) is 6. The number of hydroxylamine groups is 1. The number of nitrogens with one attached hydrogen (secondary N) is 2. The van der Waals surface area contributed by atoms with E-state index in [1.54, 1.807) is 5.48 Å². The Labute approximate surface area is 205 Å². The molecule has 190 valence electrons. The first-order chi connectivity index (χ1) is 17.2. The van der Waals surface area contributed by atoms with Gasteiger partial charge in [-0.05, 0) is 41.0 Å². The zero-order chi connectivity index (χ0) is 26.2. The van der Waals surface area contributed by atoms with Crippen LogP contribution in [0.25, 0.3) is 10.8 Å². The van der Waals surface area contributed by atoms with Crippen LogP contribution < -0.4 is 22.4 Å². The second kappa shape index (κ2) is 12.1. The molecule has 0 saturated carbocycles. The van der Waals surface area contributed by atoms with Gasteiger partial charge < -0.3 is 21.2 Å². The van der Waals surface area contributed by atoms with Crippen LogP contribution in [-0.4, -0.2) is 45.8 Å². The van der Waals surface area contributed by atoms with E-state index in [9.17, 15) is 23.5 Å². The summed E-state index contributed by atoms with van der Waals surface area (Å²) < 4.78 is 26.6. The Hall–Kier alpha value is -4.06. The quantitative estimate of drug-likeness (QED) is 0.141. The van der Waals surface area contributed by atoms with Crippen molar-refractivity contribution in [2.45, 2.75) is 24.9 Å². The number of carbonyl (C=O) groups excluding carboxylic acids is 2. The average Bonchev–Trinajstić information content (AvgIpc) is 2.87. The molecule has 0 heterocycles. The van der Waals surface area contributed by atoms with E-state index < -0.39 is 42.1 Å². The van der Waals surface area contributed by atoms with Gasteiger partial charge in [0.1, 0.15) is 0 Å². The van der Waals surface area contributed by atoms with Gasteiger partial charge in [0.2, 0.25) is 5.91 Å². The van der Waals surface area contributed by atoms with Crippen molar-refractivity contribution in [1.29, 1.82) is 0 Å². The molecule has 36 heavy (non-hydrogen) atoms. The van der Waals surface area contributed by atoms with Crippen molar-refractivity contribution in [2.24, 2.45) is 11.6 Å². The van der Waals surface area contributed by atoms with E-state index in [2.05, 4.69) is 5.32 Å². The number of halogens is 2.